The highest BCUT2D eigenvalue weighted by atomic mass is 16.5. The Hall–Kier alpha value is -1.55. The number of methoxy groups -OCH3 is 1. The normalized spacial score (nSPS) is 24.8. The van der Waals surface area contributed by atoms with Crippen molar-refractivity contribution in [2.24, 2.45) is 5.92 Å². The Morgan fingerprint density at radius 2 is 2.23 bits per heavy atom. The molecule has 0 saturated heterocycles. The zero-order valence-corrected chi connectivity index (χ0v) is 14.1. The molecule has 1 saturated carbocycles. The lowest BCUT2D eigenvalue weighted by atomic mass is 9.78. The van der Waals surface area contributed by atoms with Gasteiger partial charge in [-0.2, -0.15) is 0 Å². The number of benzene rings is 1. The third kappa shape index (κ3) is 3.61. The second-order valence-corrected chi connectivity index (χ2v) is 6.27. The van der Waals surface area contributed by atoms with Crippen LogP contribution in [0.15, 0.2) is 18.2 Å². The van der Waals surface area contributed by atoms with Crippen LogP contribution in [0.4, 0.5) is 5.69 Å². The van der Waals surface area contributed by atoms with Gasteiger partial charge in [0.25, 0.3) is 5.91 Å². The number of aryl methyl sites for hydroxylation is 1. The van der Waals surface area contributed by atoms with Crippen molar-refractivity contribution < 1.29 is 14.3 Å². The largest absolute Gasteiger partial charge is 0.494 e. The second-order valence-electron chi connectivity index (χ2n) is 6.27. The fourth-order valence-electron chi connectivity index (χ4n) is 3.28. The summed E-state index contributed by atoms with van der Waals surface area (Å²) in [6, 6.07) is 5.72. The summed E-state index contributed by atoms with van der Waals surface area (Å²) in [5, 5.41) is 3.01. The first-order valence-corrected chi connectivity index (χ1v) is 8.11. The lowest BCUT2D eigenvalue weighted by Gasteiger charge is -2.37. The van der Waals surface area contributed by atoms with E-state index in [0.29, 0.717) is 12.5 Å². The molecule has 122 valence electrons. The zero-order valence-electron chi connectivity index (χ0n) is 14.1. The lowest BCUT2D eigenvalue weighted by Crippen LogP contribution is -2.47. The molecular weight excluding hydrogens is 278 g/mol. The molecule has 0 heterocycles. The van der Waals surface area contributed by atoms with Crippen molar-refractivity contribution in [1.29, 1.82) is 0 Å². The number of hydrogen-bond donors (Lipinski definition) is 1. The average molecular weight is 305 g/mol. The van der Waals surface area contributed by atoms with E-state index in [1.165, 1.54) is 6.42 Å². The van der Waals surface area contributed by atoms with E-state index >= 15 is 0 Å². The summed E-state index contributed by atoms with van der Waals surface area (Å²) in [7, 11) is 1.64. The molecule has 0 bridgehead atoms. The van der Waals surface area contributed by atoms with Crippen LogP contribution in [0.3, 0.4) is 0 Å². The van der Waals surface area contributed by atoms with Crippen LogP contribution in [-0.4, -0.2) is 25.2 Å². The minimum Gasteiger partial charge on any atom is -0.494 e. The number of carbonyl (C=O) groups excluding carboxylic acids is 1. The van der Waals surface area contributed by atoms with Gasteiger partial charge in [0, 0.05) is 12.8 Å². The van der Waals surface area contributed by atoms with Crippen LogP contribution in [0.25, 0.3) is 0 Å². The van der Waals surface area contributed by atoms with E-state index in [1.54, 1.807) is 7.11 Å². The van der Waals surface area contributed by atoms with Crippen molar-refractivity contribution in [2.45, 2.75) is 52.1 Å². The Kier molecular flexibility index (Phi) is 5.46. The molecule has 4 heteroatoms. The van der Waals surface area contributed by atoms with Crippen molar-refractivity contribution in [3.8, 4) is 5.75 Å². The fraction of sp³-hybridized carbons (Fsp3) is 0.611. The van der Waals surface area contributed by atoms with Gasteiger partial charge < -0.3 is 14.8 Å². The van der Waals surface area contributed by atoms with Crippen molar-refractivity contribution in [3.63, 3.8) is 0 Å². The third-order valence-corrected chi connectivity index (χ3v) is 4.49. The van der Waals surface area contributed by atoms with Gasteiger partial charge >= 0.3 is 0 Å². The molecule has 1 N–H and O–H groups in total. The van der Waals surface area contributed by atoms with Gasteiger partial charge in [0.1, 0.15) is 11.4 Å². The van der Waals surface area contributed by atoms with Crippen LogP contribution in [0, 0.1) is 12.8 Å². The van der Waals surface area contributed by atoms with Crippen LogP contribution in [0.5, 0.6) is 5.75 Å². The quantitative estimate of drug-likeness (QED) is 0.896. The molecule has 22 heavy (non-hydrogen) atoms. The maximum Gasteiger partial charge on any atom is 0.256 e. The van der Waals surface area contributed by atoms with Crippen LogP contribution in [-0.2, 0) is 9.53 Å². The van der Waals surface area contributed by atoms with Crippen molar-refractivity contribution in [1.82, 2.24) is 0 Å². The standard InChI is InChI=1S/C18H27NO3/c1-5-22-16-9-8-15(11-14(16)3)19-17(20)18(21-4)10-6-7-13(2)12-18/h8-9,11,13H,5-7,10,12H2,1-4H3,(H,19,20)/t13-,18-/m1/s1. The first-order chi connectivity index (χ1) is 10.5. The van der Waals surface area contributed by atoms with Crippen molar-refractivity contribution in [3.05, 3.63) is 23.8 Å². The third-order valence-electron chi connectivity index (χ3n) is 4.49. The van der Waals surface area contributed by atoms with Crippen LogP contribution in [0.2, 0.25) is 0 Å². The molecule has 0 radical (unpaired) electrons. The van der Waals surface area contributed by atoms with Gasteiger partial charge in [-0.25, -0.2) is 0 Å². The predicted octanol–water partition coefficient (Wildman–Crippen LogP) is 3.93. The summed E-state index contributed by atoms with van der Waals surface area (Å²) < 4.78 is 11.2. The van der Waals surface area contributed by atoms with Crippen LogP contribution < -0.4 is 10.1 Å². The monoisotopic (exact) mass is 305 g/mol. The Bertz CT molecular complexity index is 529. The van der Waals surface area contributed by atoms with Gasteiger partial charge in [-0.05, 0) is 62.8 Å². The predicted molar refractivity (Wildman–Crippen MR) is 88.3 cm³/mol. The van der Waals surface area contributed by atoms with Crippen molar-refractivity contribution >= 4 is 11.6 Å². The highest BCUT2D eigenvalue weighted by Crippen LogP contribution is 2.36. The Balaban J connectivity index is 2.12. The minimum atomic E-state index is -0.690. The molecule has 1 aromatic rings. The SMILES string of the molecule is CCOc1ccc(NC(=O)[C@@]2(OC)CCC[C@@H](C)C2)cc1C. The van der Waals surface area contributed by atoms with E-state index in [9.17, 15) is 4.79 Å². The Morgan fingerprint density at radius 3 is 2.82 bits per heavy atom. The minimum absolute atomic E-state index is 0.0369. The number of anilines is 1. The highest BCUT2D eigenvalue weighted by molar-refractivity contribution is 5.97. The molecule has 1 aliphatic carbocycles. The molecule has 1 fully saturated rings. The number of ether oxygens (including phenoxy) is 2. The van der Waals surface area contributed by atoms with E-state index < -0.39 is 5.60 Å². The first kappa shape index (κ1) is 16.8. The number of nitrogens with one attached hydrogen (secondary N) is 1. The zero-order chi connectivity index (χ0) is 16.2. The number of amides is 1. The van der Waals surface area contributed by atoms with E-state index in [-0.39, 0.29) is 5.91 Å². The topological polar surface area (TPSA) is 47.6 Å². The molecule has 0 aromatic heterocycles. The molecule has 2 atom stereocenters. The van der Waals surface area contributed by atoms with E-state index in [4.69, 9.17) is 9.47 Å². The van der Waals surface area contributed by atoms with Gasteiger partial charge in [-0.1, -0.05) is 13.3 Å². The molecule has 4 nitrogen and oxygen atoms in total. The second kappa shape index (κ2) is 7.14. The van der Waals surface area contributed by atoms with E-state index in [2.05, 4.69) is 12.2 Å². The summed E-state index contributed by atoms with van der Waals surface area (Å²) in [6.45, 7) is 6.76. The van der Waals surface area contributed by atoms with Gasteiger partial charge in [0.05, 0.1) is 6.61 Å². The highest BCUT2D eigenvalue weighted by Gasteiger charge is 2.41. The summed E-state index contributed by atoms with van der Waals surface area (Å²) in [6.07, 6.45) is 3.77. The maximum atomic E-state index is 12.7. The molecular formula is C18H27NO3. The number of carbonyl (C=O) groups is 1. The molecule has 0 unspecified atom stereocenters. The van der Waals surface area contributed by atoms with Gasteiger partial charge in [-0.3, -0.25) is 4.79 Å². The molecule has 2 rings (SSSR count). The fourth-order valence-corrected chi connectivity index (χ4v) is 3.28. The van der Waals surface area contributed by atoms with Gasteiger partial charge in [0.15, 0.2) is 0 Å². The Labute approximate surface area is 133 Å². The maximum absolute atomic E-state index is 12.7. The van der Waals surface area contributed by atoms with Crippen molar-refractivity contribution in [2.75, 3.05) is 19.0 Å². The van der Waals surface area contributed by atoms with Crippen LogP contribution in [0.1, 0.15) is 45.1 Å². The molecule has 1 aliphatic rings. The summed E-state index contributed by atoms with van der Waals surface area (Å²) in [5.74, 6) is 1.33. The van der Waals surface area contributed by atoms with E-state index in [1.807, 2.05) is 32.0 Å². The summed E-state index contributed by atoms with van der Waals surface area (Å²) in [4.78, 5) is 12.7. The first-order valence-electron chi connectivity index (χ1n) is 8.11. The summed E-state index contributed by atoms with van der Waals surface area (Å²) >= 11 is 0. The van der Waals surface area contributed by atoms with Gasteiger partial charge in [0.2, 0.25) is 0 Å². The number of hydrogen-bond acceptors (Lipinski definition) is 3. The molecule has 0 spiro atoms. The van der Waals surface area contributed by atoms with Crippen LogP contribution >= 0.6 is 0 Å². The van der Waals surface area contributed by atoms with E-state index in [0.717, 1.165) is 36.3 Å². The lowest BCUT2D eigenvalue weighted by molar-refractivity contribution is -0.143. The molecule has 1 amide bonds. The van der Waals surface area contributed by atoms with Gasteiger partial charge in [-0.15, -0.1) is 0 Å². The molecule has 0 aliphatic heterocycles. The smallest absolute Gasteiger partial charge is 0.256 e. The molecule has 1 aromatic carbocycles. The number of rotatable bonds is 5. The Morgan fingerprint density at radius 1 is 1.45 bits per heavy atom. The summed E-state index contributed by atoms with van der Waals surface area (Å²) in [5.41, 5.74) is 1.12. The average Bonchev–Trinajstić information content (AvgIpc) is 2.50.